The van der Waals surface area contributed by atoms with Crippen LogP contribution in [0.1, 0.15) is 11.1 Å². The summed E-state index contributed by atoms with van der Waals surface area (Å²) >= 11 is 3.25. The molecular weight excluding hydrogens is 538 g/mol. The van der Waals surface area contributed by atoms with E-state index in [1.165, 1.54) is 30.3 Å². The zero-order chi connectivity index (χ0) is 24.2. The second-order valence-corrected chi connectivity index (χ2v) is 10.8. The number of nitro groups is 1. The van der Waals surface area contributed by atoms with Crippen LogP contribution in [-0.2, 0) is 20.1 Å². The molecule has 3 aromatic carbocycles. The summed E-state index contributed by atoms with van der Waals surface area (Å²) in [5.41, 5.74) is 0.773. The molecule has 3 rings (SSSR count). The van der Waals surface area contributed by atoms with Crippen molar-refractivity contribution in [2.45, 2.75) is 16.7 Å². The van der Waals surface area contributed by atoms with Crippen molar-refractivity contribution in [2.75, 3.05) is 0 Å². The van der Waals surface area contributed by atoms with Crippen LogP contribution in [0.5, 0.6) is 5.75 Å². The van der Waals surface area contributed by atoms with E-state index in [1.807, 2.05) is 6.92 Å². The molecule has 1 N–H and O–H groups in total. The molecule has 3 aromatic rings. The molecule has 0 unspecified atom stereocenters. The van der Waals surface area contributed by atoms with Gasteiger partial charge in [0, 0.05) is 22.2 Å². The third-order valence-corrected chi connectivity index (χ3v) is 7.20. The number of rotatable bonds is 8. The number of hydrogen-bond acceptors (Lipinski definition) is 8. The average molecular weight is 554 g/mol. The first-order valence-corrected chi connectivity index (χ1v) is 12.8. The number of nitrogens with one attached hydrogen (secondary N) is 1. The van der Waals surface area contributed by atoms with Crippen LogP contribution in [0, 0.1) is 17.0 Å². The van der Waals surface area contributed by atoms with Gasteiger partial charge in [0.2, 0.25) is 0 Å². The number of aryl methyl sites for hydroxylation is 1. The average Bonchev–Trinajstić information content (AvgIpc) is 2.76. The Hall–Kier alpha value is -3.29. The lowest BCUT2D eigenvalue weighted by Crippen LogP contribution is -2.18. The molecule has 0 saturated heterocycles. The van der Waals surface area contributed by atoms with Gasteiger partial charge >= 0.3 is 10.1 Å². The van der Waals surface area contributed by atoms with E-state index in [-0.39, 0.29) is 26.8 Å². The molecule has 13 heteroatoms. The summed E-state index contributed by atoms with van der Waals surface area (Å²) in [6, 6.07) is 14.7. The van der Waals surface area contributed by atoms with Crippen LogP contribution in [0.2, 0.25) is 0 Å². The van der Waals surface area contributed by atoms with Gasteiger partial charge in [0.05, 0.1) is 16.0 Å². The van der Waals surface area contributed by atoms with E-state index in [0.717, 1.165) is 36.0 Å². The molecule has 0 radical (unpaired) electrons. The molecule has 0 saturated carbocycles. The number of hydrogen-bond donors (Lipinski definition) is 1. The Bertz CT molecular complexity index is 1420. The highest BCUT2D eigenvalue weighted by Gasteiger charge is 2.20. The van der Waals surface area contributed by atoms with Gasteiger partial charge in [-0.05, 0) is 49.4 Å². The summed E-state index contributed by atoms with van der Waals surface area (Å²) in [6.07, 6.45) is 1.09. The number of sulfonamides is 1. The Kier molecular flexibility index (Phi) is 7.15. The first kappa shape index (κ1) is 24.4. The highest BCUT2D eigenvalue weighted by Crippen LogP contribution is 2.26. The highest BCUT2D eigenvalue weighted by molar-refractivity contribution is 9.10. The van der Waals surface area contributed by atoms with Crippen LogP contribution in [0.15, 0.2) is 86.1 Å². The first-order chi connectivity index (χ1) is 15.5. The SMILES string of the molecule is Cc1ccc(S(=O)(=O)N/N=C\c2cc(Br)ccc2OS(=O)(=O)c2ccc([N+](=O)[O-])cc2)cc1. The van der Waals surface area contributed by atoms with E-state index in [4.69, 9.17) is 4.18 Å². The lowest BCUT2D eigenvalue weighted by molar-refractivity contribution is -0.384. The fraction of sp³-hybridized carbons (Fsp3) is 0.0500. The van der Waals surface area contributed by atoms with Crippen LogP contribution < -0.4 is 9.01 Å². The molecule has 0 fully saturated rings. The Morgan fingerprint density at radius 1 is 0.970 bits per heavy atom. The lowest BCUT2D eigenvalue weighted by Gasteiger charge is -2.10. The Labute approximate surface area is 198 Å². The van der Waals surface area contributed by atoms with Crippen molar-refractivity contribution in [1.82, 2.24) is 4.83 Å². The molecule has 10 nitrogen and oxygen atoms in total. The molecule has 0 amide bonds. The van der Waals surface area contributed by atoms with E-state index in [9.17, 15) is 26.9 Å². The van der Waals surface area contributed by atoms with Gasteiger partial charge in [0.25, 0.3) is 15.7 Å². The quantitative estimate of drug-likeness (QED) is 0.193. The van der Waals surface area contributed by atoms with Crippen molar-refractivity contribution in [1.29, 1.82) is 0 Å². The van der Waals surface area contributed by atoms with Crippen molar-refractivity contribution >= 4 is 48.0 Å². The van der Waals surface area contributed by atoms with Crippen LogP contribution in [-0.4, -0.2) is 28.0 Å². The van der Waals surface area contributed by atoms with Gasteiger partial charge in [-0.25, -0.2) is 4.83 Å². The van der Waals surface area contributed by atoms with E-state index in [2.05, 4.69) is 25.9 Å². The summed E-state index contributed by atoms with van der Waals surface area (Å²) < 4.78 is 55.7. The molecule has 0 spiro atoms. The van der Waals surface area contributed by atoms with Crippen LogP contribution in [0.25, 0.3) is 0 Å². The third-order valence-electron chi connectivity index (χ3n) is 4.22. The number of nitrogens with zero attached hydrogens (tertiary/aromatic N) is 2. The monoisotopic (exact) mass is 553 g/mol. The normalized spacial score (nSPS) is 11.9. The first-order valence-electron chi connectivity index (χ1n) is 9.08. The second-order valence-electron chi connectivity index (χ2n) is 6.64. The van der Waals surface area contributed by atoms with E-state index >= 15 is 0 Å². The van der Waals surface area contributed by atoms with Gasteiger partial charge in [-0.3, -0.25) is 10.1 Å². The molecule has 0 bridgehead atoms. The summed E-state index contributed by atoms with van der Waals surface area (Å²) in [5, 5.41) is 14.5. The van der Waals surface area contributed by atoms with Gasteiger partial charge < -0.3 is 4.18 Å². The predicted octanol–water partition coefficient (Wildman–Crippen LogP) is 3.75. The molecule has 0 aliphatic carbocycles. The van der Waals surface area contributed by atoms with Gasteiger partial charge in [-0.1, -0.05) is 33.6 Å². The lowest BCUT2D eigenvalue weighted by atomic mass is 10.2. The maximum absolute atomic E-state index is 12.6. The summed E-state index contributed by atoms with van der Waals surface area (Å²) in [7, 11) is -8.26. The van der Waals surface area contributed by atoms with E-state index in [0.29, 0.717) is 4.47 Å². The standard InChI is InChI=1S/C20H16BrN3O7S2/c1-14-2-7-18(8-3-14)32(27,28)23-22-13-15-12-16(21)4-11-20(15)31-33(29,30)19-9-5-17(6-10-19)24(25)26/h2-13,23H,1H3/b22-13-. The number of benzene rings is 3. The molecule has 172 valence electrons. The fourth-order valence-electron chi connectivity index (χ4n) is 2.53. The fourth-order valence-corrected chi connectivity index (χ4v) is 4.66. The van der Waals surface area contributed by atoms with Crippen molar-refractivity contribution < 1.29 is 25.9 Å². The minimum Gasteiger partial charge on any atom is -0.378 e. The molecule has 0 heterocycles. The van der Waals surface area contributed by atoms with E-state index in [1.54, 1.807) is 12.1 Å². The molecule has 0 aliphatic heterocycles. The van der Waals surface area contributed by atoms with Crippen LogP contribution >= 0.6 is 15.9 Å². The topological polar surface area (TPSA) is 145 Å². The Balaban J connectivity index is 1.84. The molecular formula is C20H16BrN3O7S2. The van der Waals surface area contributed by atoms with Gasteiger partial charge in [-0.2, -0.15) is 21.9 Å². The van der Waals surface area contributed by atoms with Crippen molar-refractivity contribution in [3.63, 3.8) is 0 Å². The van der Waals surface area contributed by atoms with Gasteiger partial charge in [0.1, 0.15) is 4.90 Å². The second kappa shape index (κ2) is 9.68. The predicted molar refractivity (Wildman–Crippen MR) is 124 cm³/mol. The zero-order valence-electron chi connectivity index (χ0n) is 16.9. The Morgan fingerprint density at radius 2 is 1.58 bits per heavy atom. The van der Waals surface area contributed by atoms with Crippen molar-refractivity contribution in [2.24, 2.45) is 5.10 Å². The summed E-state index contributed by atoms with van der Waals surface area (Å²) in [4.78, 5) is 11.9. The smallest absolute Gasteiger partial charge is 0.339 e. The minimum absolute atomic E-state index is 0.0108. The van der Waals surface area contributed by atoms with E-state index < -0.39 is 25.1 Å². The largest absolute Gasteiger partial charge is 0.378 e. The maximum atomic E-state index is 12.6. The number of nitro benzene ring substituents is 1. The zero-order valence-corrected chi connectivity index (χ0v) is 20.1. The maximum Gasteiger partial charge on any atom is 0.339 e. The minimum atomic E-state index is -4.33. The molecule has 0 aliphatic rings. The number of halogens is 1. The van der Waals surface area contributed by atoms with Gasteiger partial charge in [0.15, 0.2) is 5.75 Å². The third kappa shape index (κ3) is 6.15. The van der Waals surface area contributed by atoms with Crippen LogP contribution in [0.4, 0.5) is 5.69 Å². The molecule has 0 aromatic heterocycles. The highest BCUT2D eigenvalue weighted by atomic mass is 79.9. The van der Waals surface area contributed by atoms with Gasteiger partial charge in [-0.15, -0.1) is 0 Å². The number of hydrazone groups is 1. The molecule has 33 heavy (non-hydrogen) atoms. The molecule has 0 atom stereocenters. The van der Waals surface area contributed by atoms with Crippen molar-refractivity contribution in [3.05, 3.63) is 92.4 Å². The summed E-state index contributed by atoms with van der Waals surface area (Å²) in [5.74, 6) is -0.130. The summed E-state index contributed by atoms with van der Waals surface area (Å²) in [6.45, 7) is 1.82. The van der Waals surface area contributed by atoms with Crippen molar-refractivity contribution in [3.8, 4) is 5.75 Å². The van der Waals surface area contributed by atoms with Crippen LogP contribution in [0.3, 0.4) is 0 Å². The Morgan fingerprint density at radius 3 is 2.18 bits per heavy atom. The number of non-ortho nitro benzene ring substituents is 1.